The van der Waals surface area contributed by atoms with Crippen LogP contribution in [0.1, 0.15) is 12.5 Å². The molecule has 0 bridgehead atoms. The van der Waals surface area contributed by atoms with E-state index in [2.05, 4.69) is 27.1 Å². The number of fused-ring (bicyclic) bond motifs is 1. The second-order valence-electron chi connectivity index (χ2n) is 4.46. The molecule has 0 atom stereocenters. The second-order valence-corrected chi connectivity index (χ2v) is 4.46. The average Bonchev–Trinajstić information content (AvgIpc) is 2.96. The Morgan fingerprint density at radius 1 is 1.24 bits per heavy atom. The summed E-state index contributed by atoms with van der Waals surface area (Å²) < 4.78 is 11.2. The monoisotopic (exact) mass is 285 g/mol. The number of anilines is 1. The highest BCUT2D eigenvalue weighted by molar-refractivity contribution is 5.80. The lowest BCUT2D eigenvalue weighted by atomic mass is 10.1. The third kappa shape index (κ3) is 2.45. The number of nitrogens with two attached hydrogens (primary N) is 1. The molecule has 0 fully saturated rings. The largest absolute Gasteiger partial charge is 0.493 e. The number of nitrogen functional groups attached to an aromatic ring is 1. The van der Waals surface area contributed by atoms with Gasteiger partial charge in [-0.2, -0.15) is 15.1 Å². The van der Waals surface area contributed by atoms with Crippen molar-refractivity contribution in [2.45, 2.75) is 13.3 Å². The maximum atomic E-state index is 5.84. The Morgan fingerprint density at radius 3 is 2.86 bits per heavy atom. The second kappa shape index (κ2) is 5.28. The number of aromatic amines is 1. The van der Waals surface area contributed by atoms with Crippen molar-refractivity contribution >= 4 is 17.0 Å². The summed E-state index contributed by atoms with van der Waals surface area (Å²) in [5.41, 5.74) is 7.36. The predicted octanol–water partition coefficient (Wildman–Crippen LogP) is 2.30. The number of nitrogens with one attached hydrogen (secondary N) is 1. The Morgan fingerprint density at radius 2 is 2.10 bits per heavy atom. The van der Waals surface area contributed by atoms with E-state index in [0.29, 0.717) is 28.4 Å². The van der Waals surface area contributed by atoms with Gasteiger partial charge < -0.3 is 15.2 Å². The van der Waals surface area contributed by atoms with Crippen molar-refractivity contribution in [1.29, 1.82) is 0 Å². The Kier molecular flexibility index (Phi) is 3.31. The lowest BCUT2D eigenvalue weighted by Crippen LogP contribution is -1.99. The minimum Gasteiger partial charge on any atom is -0.493 e. The zero-order valence-corrected chi connectivity index (χ0v) is 11.8. The van der Waals surface area contributed by atoms with Gasteiger partial charge in [-0.25, -0.2) is 0 Å². The maximum absolute atomic E-state index is 5.84. The molecule has 3 N–H and O–H groups in total. The fourth-order valence-electron chi connectivity index (χ4n) is 2.02. The summed E-state index contributed by atoms with van der Waals surface area (Å²) in [5, 5.41) is 7.32. The first-order chi connectivity index (χ1) is 10.2. The first kappa shape index (κ1) is 13.2. The zero-order chi connectivity index (χ0) is 14.8. The summed E-state index contributed by atoms with van der Waals surface area (Å²) in [5.74, 6) is 1.66. The van der Waals surface area contributed by atoms with Crippen molar-refractivity contribution in [3.8, 4) is 17.4 Å². The number of rotatable bonds is 4. The minimum atomic E-state index is 0.117. The molecule has 0 radical (unpaired) electrons. The molecule has 0 unspecified atom stereocenters. The molecular formula is C14H15N5O2. The Bertz CT molecular complexity index is 784. The van der Waals surface area contributed by atoms with E-state index in [0.717, 1.165) is 12.0 Å². The van der Waals surface area contributed by atoms with Crippen LogP contribution in [0.2, 0.25) is 0 Å². The van der Waals surface area contributed by atoms with Crippen molar-refractivity contribution < 1.29 is 9.47 Å². The summed E-state index contributed by atoms with van der Waals surface area (Å²) in [6.45, 7) is 2.08. The van der Waals surface area contributed by atoms with Gasteiger partial charge in [0.15, 0.2) is 17.1 Å². The fourth-order valence-corrected chi connectivity index (χ4v) is 2.02. The van der Waals surface area contributed by atoms with Crippen LogP contribution in [0.4, 0.5) is 5.95 Å². The molecule has 0 aliphatic rings. The van der Waals surface area contributed by atoms with Crippen LogP contribution in [0.25, 0.3) is 11.0 Å². The molecule has 0 amide bonds. The van der Waals surface area contributed by atoms with Crippen LogP contribution < -0.4 is 15.2 Å². The van der Waals surface area contributed by atoms with E-state index in [9.17, 15) is 0 Å². The van der Waals surface area contributed by atoms with Crippen molar-refractivity contribution in [1.82, 2.24) is 20.2 Å². The predicted molar refractivity (Wildman–Crippen MR) is 78.5 cm³/mol. The zero-order valence-electron chi connectivity index (χ0n) is 11.8. The van der Waals surface area contributed by atoms with Gasteiger partial charge in [0, 0.05) is 0 Å². The van der Waals surface area contributed by atoms with Crippen LogP contribution in [0.3, 0.4) is 0 Å². The summed E-state index contributed by atoms with van der Waals surface area (Å²) in [7, 11) is 1.60. The van der Waals surface area contributed by atoms with E-state index in [1.807, 2.05) is 18.2 Å². The quantitative estimate of drug-likeness (QED) is 0.763. The molecular weight excluding hydrogens is 270 g/mol. The highest BCUT2D eigenvalue weighted by Gasteiger charge is 2.13. The summed E-state index contributed by atoms with van der Waals surface area (Å²) in [4.78, 5) is 8.16. The molecule has 3 aromatic rings. The maximum Gasteiger partial charge on any atom is 0.235 e. The smallest absolute Gasteiger partial charge is 0.235 e. The number of H-pyrrole nitrogens is 1. The van der Waals surface area contributed by atoms with Crippen molar-refractivity contribution in [2.75, 3.05) is 12.8 Å². The number of hydrogen-bond acceptors (Lipinski definition) is 6. The van der Waals surface area contributed by atoms with Crippen molar-refractivity contribution in [3.63, 3.8) is 0 Å². The first-order valence-corrected chi connectivity index (χ1v) is 6.52. The molecule has 1 aromatic carbocycles. The van der Waals surface area contributed by atoms with Gasteiger partial charge in [-0.1, -0.05) is 13.0 Å². The first-order valence-electron chi connectivity index (χ1n) is 6.52. The number of benzene rings is 1. The van der Waals surface area contributed by atoms with Crippen LogP contribution in [0, 0.1) is 0 Å². The van der Waals surface area contributed by atoms with Gasteiger partial charge in [-0.05, 0) is 24.1 Å². The molecule has 2 aromatic heterocycles. The fraction of sp³-hybridized carbons (Fsp3) is 0.214. The Balaban J connectivity index is 2.04. The van der Waals surface area contributed by atoms with Gasteiger partial charge in [0.05, 0.1) is 13.3 Å². The SMILES string of the molecule is CCc1ccc(Oc2nc(N)nc3[nH]ncc23)c(OC)c1. The molecule has 0 spiro atoms. The minimum absolute atomic E-state index is 0.117. The molecule has 7 nitrogen and oxygen atoms in total. The van der Waals surface area contributed by atoms with Crippen LogP contribution in [-0.4, -0.2) is 27.3 Å². The normalized spacial score (nSPS) is 10.8. The third-order valence-corrected chi connectivity index (χ3v) is 3.13. The number of aryl methyl sites for hydroxylation is 1. The summed E-state index contributed by atoms with van der Waals surface area (Å²) in [6.07, 6.45) is 2.51. The lowest BCUT2D eigenvalue weighted by Gasteiger charge is -2.11. The molecule has 7 heteroatoms. The van der Waals surface area contributed by atoms with Gasteiger partial charge >= 0.3 is 0 Å². The molecule has 0 saturated heterocycles. The lowest BCUT2D eigenvalue weighted by molar-refractivity contribution is 0.375. The summed E-state index contributed by atoms with van der Waals surface area (Å²) in [6, 6.07) is 5.77. The number of aromatic nitrogens is 4. The standard InChI is InChI=1S/C14H15N5O2/c1-3-8-4-5-10(11(6-8)20-2)21-13-9-7-16-19-12(9)17-14(15)18-13/h4-7H,3H2,1-2H3,(H3,15,16,17,18,19). The highest BCUT2D eigenvalue weighted by atomic mass is 16.5. The van der Waals surface area contributed by atoms with Crippen LogP contribution in [-0.2, 0) is 6.42 Å². The topological polar surface area (TPSA) is 98.9 Å². The van der Waals surface area contributed by atoms with Gasteiger partial charge in [0.25, 0.3) is 0 Å². The van der Waals surface area contributed by atoms with Crippen LogP contribution in [0.5, 0.6) is 17.4 Å². The highest BCUT2D eigenvalue weighted by Crippen LogP contribution is 2.34. The molecule has 21 heavy (non-hydrogen) atoms. The summed E-state index contributed by atoms with van der Waals surface area (Å²) >= 11 is 0. The Labute approximate surface area is 121 Å². The number of ether oxygens (including phenoxy) is 2. The average molecular weight is 285 g/mol. The van der Waals surface area contributed by atoms with E-state index in [1.165, 1.54) is 0 Å². The number of nitrogens with zero attached hydrogens (tertiary/aromatic N) is 3. The molecule has 108 valence electrons. The van der Waals surface area contributed by atoms with E-state index in [4.69, 9.17) is 15.2 Å². The molecule has 0 saturated carbocycles. The van der Waals surface area contributed by atoms with Crippen molar-refractivity contribution in [3.05, 3.63) is 30.0 Å². The molecule has 2 heterocycles. The van der Waals surface area contributed by atoms with Gasteiger partial charge in [0.2, 0.25) is 11.8 Å². The Hall–Kier alpha value is -2.83. The molecule has 0 aliphatic heterocycles. The molecule has 0 aliphatic carbocycles. The van der Waals surface area contributed by atoms with Gasteiger partial charge in [0.1, 0.15) is 5.39 Å². The number of hydrogen-bond donors (Lipinski definition) is 2. The van der Waals surface area contributed by atoms with E-state index in [-0.39, 0.29) is 5.95 Å². The van der Waals surface area contributed by atoms with Gasteiger partial charge in [-0.3, -0.25) is 5.10 Å². The van der Waals surface area contributed by atoms with Gasteiger partial charge in [-0.15, -0.1) is 0 Å². The van der Waals surface area contributed by atoms with Crippen LogP contribution in [0.15, 0.2) is 24.4 Å². The van der Waals surface area contributed by atoms with E-state index in [1.54, 1.807) is 13.3 Å². The van der Waals surface area contributed by atoms with E-state index >= 15 is 0 Å². The molecule has 3 rings (SSSR count). The third-order valence-electron chi connectivity index (χ3n) is 3.13. The van der Waals surface area contributed by atoms with Crippen molar-refractivity contribution in [2.24, 2.45) is 0 Å². The number of methoxy groups -OCH3 is 1. The van der Waals surface area contributed by atoms with Crippen LogP contribution >= 0.6 is 0 Å². The van der Waals surface area contributed by atoms with E-state index < -0.39 is 0 Å².